The molecule has 1 amide bonds. The van der Waals surface area contributed by atoms with Crippen LogP contribution in [0.2, 0.25) is 0 Å². The summed E-state index contributed by atoms with van der Waals surface area (Å²) < 4.78 is 0. The zero-order valence-corrected chi connectivity index (χ0v) is 12.9. The van der Waals surface area contributed by atoms with Crippen LogP contribution in [0.5, 0.6) is 0 Å². The monoisotopic (exact) mass is 288 g/mol. The van der Waals surface area contributed by atoms with E-state index in [-0.39, 0.29) is 11.9 Å². The molecule has 0 spiro atoms. The van der Waals surface area contributed by atoms with E-state index in [1.165, 1.54) is 4.88 Å². The Labute approximate surface area is 124 Å². The summed E-state index contributed by atoms with van der Waals surface area (Å²) in [6.07, 6.45) is 0. The van der Waals surface area contributed by atoms with Crippen LogP contribution in [0.25, 0.3) is 0 Å². The zero-order valence-electron chi connectivity index (χ0n) is 12.1. The van der Waals surface area contributed by atoms with E-state index in [2.05, 4.69) is 17.6 Å². The van der Waals surface area contributed by atoms with E-state index in [9.17, 15) is 4.79 Å². The maximum atomic E-state index is 12.2. The first-order chi connectivity index (χ1) is 9.61. The fraction of sp³-hybridized carbons (Fsp3) is 0.312. The molecular formula is C16H20N2OS. The molecule has 20 heavy (non-hydrogen) atoms. The molecule has 0 fully saturated rings. The normalized spacial score (nSPS) is 11.9. The molecule has 1 atom stereocenters. The molecule has 0 radical (unpaired) electrons. The Morgan fingerprint density at radius 3 is 2.75 bits per heavy atom. The first-order valence-corrected chi connectivity index (χ1v) is 7.68. The summed E-state index contributed by atoms with van der Waals surface area (Å²) in [7, 11) is 0. The van der Waals surface area contributed by atoms with Gasteiger partial charge in [-0.1, -0.05) is 6.07 Å². The number of hydrogen-bond donors (Lipinski definition) is 2. The average molecular weight is 288 g/mol. The maximum absolute atomic E-state index is 12.2. The van der Waals surface area contributed by atoms with Crippen molar-refractivity contribution < 1.29 is 4.79 Å². The first kappa shape index (κ1) is 14.6. The van der Waals surface area contributed by atoms with Gasteiger partial charge >= 0.3 is 0 Å². The third-order valence-electron chi connectivity index (χ3n) is 3.17. The van der Waals surface area contributed by atoms with Crippen LogP contribution in [0.3, 0.4) is 0 Å². The highest BCUT2D eigenvalue weighted by Gasteiger charge is 2.12. The van der Waals surface area contributed by atoms with Gasteiger partial charge in [0.2, 0.25) is 0 Å². The summed E-state index contributed by atoms with van der Waals surface area (Å²) in [5.41, 5.74) is 2.87. The van der Waals surface area contributed by atoms with E-state index in [0.717, 1.165) is 17.8 Å². The van der Waals surface area contributed by atoms with E-state index in [4.69, 9.17) is 0 Å². The Morgan fingerprint density at radius 2 is 2.15 bits per heavy atom. The van der Waals surface area contributed by atoms with Crippen molar-refractivity contribution in [3.63, 3.8) is 0 Å². The number of hydrogen-bond acceptors (Lipinski definition) is 3. The second kappa shape index (κ2) is 6.57. The van der Waals surface area contributed by atoms with Crippen molar-refractivity contribution in [2.24, 2.45) is 0 Å². The summed E-state index contributed by atoms with van der Waals surface area (Å²) in [6, 6.07) is 9.82. The topological polar surface area (TPSA) is 41.1 Å². The van der Waals surface area contributed by atoms with Crippen molar-refractivity contribution in [3.8, 4) is 0 Å². The molecule has 106 valence electrons. The number of benzene rings is 1. The second-order valence-electron chi connectivity index (χ2n) is 4.77. The molecule has 2 aromatic rings. The van der Waals surface area contributed by atoms with Crippen molar-refractivity contribution >= 4 is 22.9 Å². The van der Waals surface area contributed by atoms with Crippen molar-refractivity contribution in [1.29, 1.82) is 0 Å². The molecule has 2 rings (SSSR count). The van der Waals surface area contributed by atoms with Crippen LogP contribution in [-0.4, -0.2) is 12.5 Å². The summed E-state index contributed by atoms with van der Waals surface area (Å²) >= 11 is 1.66. The Kier molecular flexibility index (Phi) is 4.79. The van der Waals surface area contributed by atoms with E-state index in [1.807, 2.05) is 49.6 Å². The number of anilines is 1. The molecule has 0 aliphatic heterocycles. The van der Waals surface area contributed by atoms with Crippen molar-refractivity contribution in [3.05, 3.63) is 51.7 Å². The van der Waals surface area contributed by atoms with Crippen LogP contribution in [0.1, 0.15) is 40.7 Å². The fourth-order valence-corrected chi connectivity index (χ4v) is 2.82. The number of rotatable bonds is 5. The molecule has 0 aliphatic carbocycles. The molecular weight excluding hydrogens is 268 g/mol. The molecule has 1 heterocycles. The van der Waals surface area contributed by atoms with Gasteiger partial charge in [-0.15, -0.1) is 11.3 Å². The van der Waals surface area contributed by atoms with Crippen LogP contribution in [0, 0.1) is 6.92 Å². The fourth-order valence-electron chi connectivity index (χ4n) is 2.08. The van der Waals surface area contributed by atoms with Gasteiger partial charge in [-0.05, 0) is 56.0 Å². The summed E-state index contributed by atoms with van der Waals surface area (Å²) in [4.78, 5) is 13.4. The van der Waals surface area contributed by atoms with Gasteiger partial charge in [-0.2, -0.15) is 0 Å². The van der Waals surface area contributed by atoms with Gasteiger partial charge in [0.15, 0.2) is 0 Å². The van der Waals surface area contributed by atoms with Crippen LogP contribution in [0.15, 0.2) is 35.7 Å². The van der Waals surface area contributed by atoms with E-state index >= 15 is 0 Å². The Morgan fingerprint density at radius 1 is 1.35 bits per heavy atom. The molecule has 0 bridgehead atoms. The second-order valence-corrected chi connectivity index (χ2v) is 5.75. The van der Waals surface area contributed by atoms with Crippen molar-refractivity contribution in [1.82, 2.24) is 5.32 Å². The summed E-state index contributed by atoms with van der Waals surface area (Å²) in [5.74, 6) is -0.0305. The highest BCUT2D eigenvalue weighted by molar-refractivity contribution is 7.10. The lowest BCUT2D eigenvalue weighted by molar-refractivity contribution is 0.0940. The summed E-state index contributed by atoms with van der Waals surface area (Å²) in [5, 5.41) is 8.32. The molecule has 0 aliphatic rings. The minimum atomic E-state index is -0.0305. The van der Waals surface area contributed by atoms with Gasteiger partial charge in [0.05, 0.1) is 6.04 Å². The minimum absolute atomic E-state index is 0.0305. The van der Waals surface area contributed by atoms with Gasteiger partial charge in [0, 0.05) is 22.7 Å². The lowest BCUT2D eigenvalue weighted by atomic mass is 10.1. The molecule has 3 nitrogen and oxygen atoms in total. The van der Waals surface area contributed by atoms with Gasteiger partial charge in [-0.3, -0.25) is 4.79 Å². The Balaban J connectivity index is 2.07. The number of carbonyl (C=O) groups is 1. The average Bonchev–Trinajstić information content (AvgIpc) is 2.95. The van der Waals surface area contributed by atoms with Gasteiger partial charge in [0.25, 0.3) is 5.91 Å². The highest BCUT2D eigenvalue weighted by atomic mass is 32.1. The molecule has 0 saturated heterocycles. The quantitative estimate of drug-likeness (QED) is 0.873. The van der Waals surface area contributed by atoms with Gasteiger partial charge in [-0.25, -0.2) is 0 Å². The SMILES string of the molecule is CCNc1ccc(C(=O)NC(C)c2cccs2)cc1C. The number of aryl methyl sites for hydroxylation is 1. The maximum Gasteiger partial charge on any atom is 0.251 e. The molecule has 1 aromatic carbocycles. The lowest BCUT2D eigenvalue weighted by Crippen LogP contribution is -2.26. The van der Waals surface area contributed by atoms with Crippen molar-refractivity contribution in [2.45, 2.75) is 26.8 Å². The standard InChI is InChI=1S/C16H20N2OS/c1-4-17-14-8-7-13(10-11(14)2)16(19)18-12(3)15-6-5-9-20-15/h5-10,12,17H,4H2,1-3H3,(H,18,19). The molecule has 1 aromatic heterocycles. The predicted molar refractivity (Wildman–Crippen MR) is 85.5 cm³/mol. The van der Waals surface area contributed by atoms with E-state index in [1.54, 1.807) is 11.3 Å². The van der Waals surface area contributed by atoms with E-state index in [0.29, 0.717) is 5.56 Å². The minimum Gasteiger partial charge on any atom is -0.385 e. The third kappa shape index (κ3) is 3.39. The third-order valence-corrected chi connectivity index (χ3v) is 4.23. The van der Waals surface area contributed by atoms with Crippen LogP contribution in [0.4, 0.5) is 5.69 Å². The molecule has 1 unspecified atom stereocenters. The van der Waals surface area contributed by atoms with E-state index < -0.39 is 0 Å². The van der Waals surface area contributed by atoms with Crippen molar-refractivity contribution in [2.75, 3.05) is 11.9 Å². The number of nitrogens with one attached hydrogen (secondary N) is 2. The Hall–Kier alpha value is -1.81. The Bertz CT molecular complexity index is 578. The lowest BCUT2D eigenvalue weighted by Gasteiger charge is -2.14. The molecule has 2 N–H and O–H groups in total. The van der Waals surface area contributed by atoms with Crippen LogP contribution in [-0.2, 0) is 0 Å². The predicted octanol–water partition coefficient (Wildman–Crippen LogP) is 3.98. The number of thiophene rings is 1. The number of carbonyl (C=O) groups excluding carboxylic acids is 1. The van der Waals surface area contributed by atoms with Crippen LogP contribution < -0.4 is 10.6 Å². The first-order valence-electron chi connectivity index (χ1n) is 6.80. The van der Waals surface area contributed by atoms with Crippen LogP contribution >= 0.6 is 11.3 Å². The molecule has 0 saturated carbocycles. The summed E-state index contributed by atoms with van der Waals surface area (Å²) in [6.45, 7) is 6.95. The molecule has 4 heteroatoms. The zero-order chi connectivity index (χ0) is 14.5. The largest absolute Gasteiger partial charge is 0.385 e. The smallest absolute Gasteiger partial charge is 0.251 e. The van der Waals surface area contributed by atoms with Gasteiger partial charge in [0.1, 0.15) is 0 Å². The van der Waals surface area contributed by atoms with Gasteiger partial charge < -0.3 is 10.6 Å². The highest BCUT2D eigenvalue weighted by Crippen LogP contribution is 2.20. The number of amides is 1.